The van der Waals surface area contributed by atoms with Gasteiger partial charge in [0.25, 0.3) is 5.91 Å². The highest BCUT2D eigenvalue weighted by Gasteiger charge is 2.26. The van der Waals surface area contributed by atoms with E-state index in [0.717, 1.165) is 0 Å². The molecule has 0 aliphatic heterocycles. The number of carbonyl (C=O) groups excluding carboxylic acids is 1. The Morgan fingerprint density at radius 2 is 2.11 bits per heavy atom. The zero-order valence-corrected chi connectivity index (χ0v) is 9.33. The normalized spacial score (nSPS) is 11.3. The lowest BCUT2D eigenvalue weighted by Crippen LogP contribution is -2.16. The summed E-state index contributed by atoms with van der Waals surface area (Å²) in [6.45, 7) is -0.212. The summed E-state index contributed by atoms with van der Waals surface area (Å²) >= 11 is 0. The van der Waals surface area contributed by atoms with Crippen molar-refractivity contribution < 1.29 is 22.7 Å². The molecule has 0 spiro atoms. The Balaban J connectivity index is 2.59. The van der Waals surface area contributed by atoms with E-state index in [1.807, 2.05) is 0 Å². The first-order valence-electron chi connectivity index (χ1n) is 5.04. The summed E-state index contributed by atoms with van der Waals surface area (Å²) < 4.78 is 40.6. The molecule has 0 atom stereocenters. The average molecular weight is 263 g/mol. The number of ether oxygens (including phenoxy) is 1. The number of amides is 1. The Kier molecular flexibility index (Phi) is 4.35. The van der Waals surface area contributed by atoms with Crippen LogP contribution in [-0.4, -0.2) is 23.7 Å². The van der Waals surface area contributed by atoms with E-state index in [1.54, 1.807) is 0 Å². The Morgan fingerprint density at radius 1 is 1.44 bits per heavy atom. The van der Waals surface area contributed by atoms with E-state index < -0.39 is 18.5 Å². The zero-order chi connectivity index (χ0) is 13.8. The number of nitrogen functional groups attached to an aromatic ring is 1. The number of nitrogens with two attached hydrogens (primary N) is 2. The third kappa shape index (κ3) is 4.48. The molecule has 0 saturated carbocycles. The summed E-state index contributed by atoms with van der Waals surface area (Å²) in [7, 11) is 0. The molecule has 18 heavy (non-hydrogen) atoms. The molecule has 100 valence electrons. The summed E-state index contributed by atoms with van der Waals surface area (Å²) in [6.07, 6.45) is -4.20. The maximum Gasteiger partial charge on any atom is 0.389 e. The van der Waals surface area contributed by atoms with Crippen LogP contribution in [0, 0.1) is 0 Å². The Morgan fingerprint density at radius 3 is 2.67 bits per heavy atom. The van der Waals surface area contributed by atoms with Crippen molar-refractivity contribution in [1.29, 1.82) is 0 Å². The van der Waals surface area contributed by atoms with E-state index in [4.69, 9.17) is 16.2 Å². The van der Waals surface area contributed by atoms with Crippen molar-refractivity contribution in [1.82, 2.24) is 4.98 Å². The van der Waals surface area contributed by atoms with Crippen molar-refractivity contribution in [2.75, 3.05) is 12.3 Å². The molecule has 0 fully saturated rings. The van der Waals surface area contributed by atoms with Gasteiger partial charge in [0.05, 0.1) is 18.5 Å². The first kappa shape index (κ1) is 14.1. The molecule has 4 N–H and O–H groups in total. The van der Waals surface area contributed by atoms with Crippen LogP contribution in [0.5, 0.6) is 5.88 Å². The average Bonchev–Trinajstić information content (AvgIpc) is 2.24. The number of rotatable bonds is 5. The molecular formula is C10H12F3N3O2. The predicted molar refractivity (Wildman–Crippen MR) is 58.0 cm³/mol. The molecule has 1 heterocycles. The topological polar surface area (TPSA) is 91.2 Å². The summed E-state index contributed by atoms with van der Waals surface area (Å²) in [5.74, 6) is -0.917. The van der Waals surface area contributed by atoms with E-state index in [2.05, 4.69) is 4.98 Å². The van der Waals surface area contributed by atoms with Gasteiger partial charge in [0.15, 0.2) is 0 Å². The van der Waals surface area contributed by atoms with Gasteiger partial charge in [-0.2, -0.15) is 13.2 Å². The van der Waals surface area contributed by atoms with Crippen LogP contribution < -0.4 is 16.2 Å². The molecule has 1 rings (SSSR count). The van der Waals surface area contributed by atoms with Crippen molar-refractivity contribution in [2.24, 2.45) is 5.73 Å². The summed E-state index contributed by atoms with van der Waals surface area (Å²) in [5.41, 5.74) is 10.6. The number of carbonyl (C=O) groups is 1. The van der Waals surface area contributed by atoms with Crippen molar-refractivity contribution in [3.63, 3.8) is 0 Å². The standard InChI is InChI=1S/C10H12F3N3O2/c11-10(12,13)2-1-3-18-9-7(8(15)17)4-6(14)5-16-9/h4-5H,1-3,14H2,(H2,15,17). The fourth-order valence-corrected chi connectivity index (χ4v) is 1.20. The van der Waals surface area contributed by atoms with Crippen LogP contribution in [0.25, 0.3) is 0 Å². The minimum atomic E-state index is -4.23. The van der Waals surface area contributed by atoms with Crippen LogP contribution in [0.3, 0.4) is 0 Å². The van der Waals surface area contributed by atoms with E-state index in [0.29, 0.717) is 0 Å². The second-order valence-corrected chi connectivity index (χ2v) is 3.55. The molecule has 0 bridgehead atoms. The smallest absolute Gasteiger partial charge is 0.389 e. The van der Waals surface area contributed by atoms with Crippen LogP contribution in [0.2, 0.25) is 0 Å². The lowest BCUT2D eigenvalue weighted by molar-refractivity contribution is -0.136. The highest BCUT2D eigenvalue weighted by atomic mass is 19.4. The van der Waals surface area contributed by atoms with Gasteiger partial charge < -0.3 is 16.2 Å². The SMILES string of the molecule is NC(=O)c1cc(N)cnc1OCCCC(F)(F)F. The molecule has 1 aromatic heterocycles. The molecular weight excluding hydrogens is 251 g/mol. The van der Waals surface area contributed by atoms with Gasteiger partial charge >= 0.3 is 6.18 Å². The Hall–Kier alpha value is -1.99. The predicted octanol–water partition coefficient (Wildman–Crippen LogP) is 1.48. The fourth-order valence-electron chi connectivity index (χ4n) is 1.20. The van der Waals surface area contributed by atoms with Gasteiger partial charge in [-0.1, -0.05) is 0 Å². The third-order valence-corrected chi connectivity index (χ3v) is 1.98. The molecule has 0 aliphatic rings. The lowest BCUT2D eigenvalue weighted by Gasteiger charge is -2.10. The minimum absolute atomic E-state index is 0.0537. The summed E-state index contributed by atoms with van der Waals surface area (Å²) in [6, 6.07) is 1.26. The van der Waals surface area contributed by atoms with Gasteiger partial charge in [0, 0.05) is 6.42 Å². The first-order chi connectivity index (χ1) is 8.29. The third-order valence-electron chi connectivity index (χ3n) is 1.98. The van der Waals surface area contributed by atoms with Crippen molar-refractivity contribution in [3.8, 4) is 5.88 Å². The summed E-state index contributed by atoms with van der Waals surface area (Å²) in [4.78, 5) is 14.7. The molecule has 0 unspecified atom stereocenters. The van der Waals surface area contributed by atoms with Gasteiger partial charge in [0.1, 0.15) is 5.56 Å². The molecule has 1 amide bonds. The number of hydrogen-bond donors (Lipinski definition) is 2. The minimum Gasteiger partial charge on any atom is -0.477 e. The molecule has 8 heteroatoms. The maximum absolute atomic E-state index is 11.9. The number of primary amides is 1. The van der Waals surface area contributed by atoms with E-state index >= 15 is 0 Å². The highest BCUT2D eigenvalue weighted by molar-refractivity contribution is 5.95. The van der Waals surface area contributed by atoms with E-state index in [9.17, 15) is 18.0 Å². The van der Waals surface area contributed by atoms with E-state index in [1.165, 1.54) is 12.3 Å². The molecule has 1 aromatic rings. The second-order valence-electron chi connectivity index (χ2n) is 3.55. The van der Waals surface area contributed by atoms with Gasteiger partial charge in [0.2, 0.25) is 5.88 Å². The number of nitrogens with zero attached hydrogens (tertiary/aromatic N) is 1. The van der Waals surface area contributed by atoms with Crippen LogP contribution in [0.15, 0.2) is 12.3 Å². The van der Waals surface area contributed by atoms with Crippen molar-refractivity contribution in [3.05, 3.63) is 17.8 Å². The van der Waals surface area contributed by atoms with Crippen molar-refractivity contribution >= 4 is 11.6 Å². The molecule has 0 saturated heterocycles. The molecule has 0 radical (unpaired) electrons. The van der Waals surface area contributed by atoms with Gasteiger partial charge in [-0.05, 0) is 12.5 Å². The number of alkyl halides is 3. The fraction of sp³-hybridized carbons (Fsp3) is 0.400. The highest BCUT2D eigenvalue weighted by Crippen LogP contribution is 2.22. The first-order valence-corrected chi connectivity index (χ1v) is 5.04. The number of halogens is 3. The largest absolute Gasteiger partial charge is 0.477 e. The van der Waals surface area contributed by atoms with Crippen LogP contribution in [-0.2, 0) is 0 Å². The quantitative estimate of drug-likeness (QED) is 0.787. The number of anilines is 1. The van der Waals surface area contributed by atoms with Gasteiger partial charge in [-0.25, -0.2) is 4.98 Å². The van der Waals surface area contributed by atoms with Crippen LogP contribution in [0.4, 0.5) is 18.9 Å². The number of pyridine rings is 1. The summed E-state index contributed by atoms with van der Waals surface area (Å²) in [5, 5.41) is 0. The Labute approximate surface area is 101 Å². The van der Waals surface area contributed by atoms with Crippen LogP contribution in [0.1, 0.15) is 23.2 Å². The molecule has 5 nitrogen and oxygen atoms in total. The van der Waals surface area contributed by atoms with Gasteiger partial charge in [-0.15, -0.1) is 0 Å². The lowest BCUT2D eigenvalue weighted by atomic mass is 10.2. The van der Waals surface area contributed by atoms with Crippen molar-refractivity contribution in [2.45, 2.75) is 19.0 Å². The van der Waals surface area contributed by atoms with Gasteiger partial charge in [-0.3, -0.25) is 4.79 Å². The number of hydrogen-bond acceptors (Lipinski definition) is 4. The monoisotopic (exact) mass is 263 g/mol. The second kappa shape index (κ2) is 5.56. The molecule has 0 aromatic carbocycles. The number of aromatic nitrogens is 1. The van der Waals surface area contributed by atoms with E-state index in [-0.39, 0.29) is 30.2 Å². The Bertz CT molecular complexity index is 435. The molecule has 0 aliphatic carbocycles. The van der Waals surface area contributed by atoms with Crippen LogP contribution >= 0.6 is 0 Å². The maximum atomic E-state index is 11.9. The zero-order valence-electron chi connectivity index (χ0n) is 9.33.